The summed E-state index contributed by atoms with van der Waals surface area (Å²) in [4.78, 5) is 0. The van der Waals surface area contributed by atoms with Gasteiger partial charge in [0, 0.05) is 12.4 Å². The molecule has 0 unspecified atom stereocenters. The van der Waals surface area contributed by atoms with Crippen molar-refractivity contribution >= 4 is 58.0 Å². The Kier molecular flexibility index (Phi) is 3.62. The first-order chi connectivity index (χ1) is 7.54. The summed E-state index contributed by atoms with van der Waals surface area (Å²) < 4.78 is 1.72. The van der Waals surface area contributed by atoms with Gasteiger partial charge >= 0.3 is 0 Å². The fourth-order valence-electron chi connectivity index (χ4n) is 1.30. The summed E-state index contributed by atoms with van der Waals surface area (Å²) in [5.74, 6) is 0. The Morgan fingerprint density at radius 2 is 1.00 bits per heavy atom. The molecule has 0 spiro atoms. The number of nitrogens with zero attached hydrogens (tertiary/aromatic N) is 1. The third kappa shape index (κ3) is 1.92. The highest BCUT2D eigenvalue weighted by Crippen LogP contribution is 2.45. The average Bonchev–Trinajstić information content (AvgIpc) is 2.77. The van der Waals surface area contributed by atoms with E-state index < -0.39 is 0 Å². The minimum Gasteiger partial charge on any atom is -0.321 e. The molecule has 1 nitrogen and oxygen atoms in total. The quantitative estimate of drug-likeness (QED) is 0.467. The molecular weight excluding hydrogens is 311 g/mol. The monoisotopic (exact) mass is 313 g/mol. The minimum absolute atomic E-state index is 0.161. The largest absolute Gasteiger partial charge is 0.321 e. The van der Waals surface area contributed by atoms with E-state index in [1.165, 1.54) is 0 Å². The number of hydrogen-bond donors (Lipinski definition) is 0. The van der Waals surface area contributed by atoms with E-state index in [-0.39, 0.29) is 25.1 Å². The van der Waals surface area contributed by atoms with Gasteiger partial charge in [0.25, 0.3) is 0 Å². The molecule has 1 aromatic heterocycles. The molecule has 84 valence electrons. The smallest absolute Gasteiger partial charge is 0.0864 e. The Morgan fingerprint density at radius 3 is 1.44 bits per heavy atom. The molecule has 1 aromatic carbocycles. The lowest BCUT2D eigenvalue weighted by atomic mass is 10.3. The second-order valence-electron chi connectivity index (χ2n) is 3.01. The van der Waals surface area contributed by atoms with Crippen molar-refractivity contribution in [1.29, 1.82) is 0 Å². The van der Waals surface area contributed by atoms with Gasteiger partial charge in [0.05, 0.1) is 30.8 Å². The Bertz CT molecular complexity index is 504. The SMILES string of the molecule is Clc1c(Cl)c(Cl)c(-n2cccc2)c(Cl)c1Cl. The molecule has 0 aliphatic heterocycles. The van der Waals surface area contributed by atoms with E-state index >= 15 is 0 Å². The third-order valence-electron chi connectivity index (χ3n) is 2.05. The first kappa shape index (κ1) is 12.4. The maximum atomic E-state index is 6.09. The van der Waals surface area contributed by atoms with Crippen molar-refractivity contribution in [3.05, 3.63) is 49.6 Å². The molecule has 0 saturated carbocycles. The lowest BCUT2D eigenvalue weighted by molar-refractivity contribution is 1.08. The Morgan fingerprint density at radius 1 is 0.625 bits per heavy atom. The zero-order valence-electron chi connectivity index (χ0n) is 7.65. The molecule has 0 saturated heterocycles. The van der Waals surface area contributed by atoms with E-state index in [1.54, 1.807) is 17.0 Å². The summed E-state index contributed by atoms with van der Waals surface area (Å²) in [5.41, 5.74) is 0.521. The van der Waals surface area contributed by atoms with Gasteiger partial charge in [-0.15, -0.1) is 0 Å². The molecule has 0 N–H and O–H groups in total. The fourth-order valence-corrected chi connectivity index (χ4v) is 2.63. The summed E-state index contributed by atoms with van der Waals surface area (Å²) in [7, 11) is 0. The van der Waals surface area contributed by atoms with E-state index in [2.05, 4.69) is 0 Å². The van der Waals surface area contributed by atoms with Crippen LogP contribution in [0.15, 0.2) is 24.5 Å². The summed E-state index contributed by atoms with van der Waals surface area (Å²) >= 11 is 30.0. The summed E-state index contributed by atoms with van der Waals surface area (Å²) in [6.45, 7) is 0. The van der Waals surface area contributed by atoms with Crippen LogP contribution in [-0.4, -0.2) is 4.57 Å². The minimum atomic E-state index is 0.161. The maximum absolute atomic E-state index is 6.09. The molecule has 6 heteroatoms. The van der Waals surface area contributed by atoms with E-state index in [0.29, 0.717) is 5.69 Å². The van der Waals surface area contributed by atoms with Crippen LogP contribution >= 0.6 is 58.0 Å². The molecule has 1 heterocycles. The Hall–Kier alpha value is -0.0500. The van der Waals surface area contributed by atoms with Crippen molar-refractivity contribution in [2.75, 3.05) is 0 Å². The second-order valence-corrected chi connectivity index (χ2v) is 4.90. The molecule has 16 heavy (non-hydrogen) atoms. The van der Waals surface area contributed by atoms with Crippen molar-refractivity contribution in [1.82, 2.24) is 4.57 Å². The van der Waals surface area contributed by atoms with Crippen LogP contribution in [0.1, 0.15) is 0 Å². The first-order valence-electron chi connectivity index (χ1n) is 4.18. The molecule has 0 radical (unpaired) electrons. The molecular formula is C10H4Cl5N. The fraction of sp³-hybridized carbons (Fsp3) is 0. The van der Waals surface area contributed by atoms with E-state index in [1.807, 2.05) is 12.1 Å². The van der Waals surface area contributed by atoms with Crippen molar-refractivity contribution in [2.45, 2.75) is 0 Å². The van der Waals surface area contributed by atoms with Crippen LogP contribution in [0, 0.1) is 0 Å². The van der Waals surface area contributed by atoms with Gasteiger partial charge in [0.15, 0.2) is 0 Å². The van der Waals surface area contributed by atoms with Gasteiger partial charge in [-0.25, -0.2) is 0 Å². The van der Waals surface area contributed by atoms with Crippen LogP contribution in [0.4, 0.5) is 0 Å². The first-order valence-corrected chi connectivity index (χ1v) is 6.07. The molecule has 2 rings (SSSR count). The normalized spacial score (nSPS) is 10.8. The molecule has 0 aliphatic rings. The Balaban J connectivity index is 2.81. The van der Waals surface area contributed by atoms with Crippen LogP contribution in [0.2, 0.25) is 25.1 Å². The highest BCUT2D eigenvalue weighted by molar-refractivity contribution is 6.56. The van der Waals surface area contributed by atoms with Crippen molar-refractivity contribution in [2.24, 2.45) is 0 Å². The summed E-state index contributed by atoms with van der Waals surface area (Å²) in [5, 5.41) is 1.10. The van der Waals surface area contributed by atoms with Crippen molar-refractivity contribution in [3.63, 3.8) is 0 Å². The topological polar surface area (TPSA) is 4.93 Å². The summed E-state index contributed by atoms with van der Waals surface area (Å²) in [6, 6.07) is 3.67. The van der Waals surface area contributed by atoms with Crippen molar-refractivity contribution in [3.8, 4) is 5.69 Å². The standard InChI is InChI=1S/C10H4Cl5N/c11-5-6(12)8(14)10(9(15)7(5)13)16-3-1-2-4-16/h1-4H. The van der Waals surface area contributed by atoms with Crippen LogP contribution in [0.5, 0.6) is 0 Å². The van der Waals surface area contributed by atoms with Crippen LogP contribution in [0.25, 0.3) is 5.69 Å². The lowest BCUT2D eigenvalue weighted by Crippen LogP contribution is -1.94. The van der Waals surface area contributed by atoms with Gasteiger partial charge < -0.3 is 4.57 Å². The number of rotatable bonds is 1. The number of benzene rings is 1. The molecule has 0 amide bonds. The second kappa shape index (κ2) is 4.67. The van der Waals surface area contributed by atoms with Crippen LogP contribution in [0.3, 0.4) is 0 Å². The maximum Gasteiger partial charge on any atom is 0.0864 e. The van der Waals surface area contributed by atoms with Gasteiger partial charge in [-0.2, -0.15) is 0 Å². The molecule has 2 aromatic rings. The highest BCUT2D eigenvalue weighted by Gasteiger charge is 2.19. The van der Waals surface area contributed by atoms with Gasteiger partial charge in [0.2, 0.25) is 0 Å². The average molecular weight is 315 g/mol. The summed E-state index contributed by atoms with van der Waals surface area (Å²) in [6.07, 6.45) is 3.57. The zero-order chi connectivity index (χ0) is 11.9. The molecule has 0 bridgehead atoms. The van der Waals surface area contributed by atoms with Gasteiger partial charge in [-0.05, 0) is 12.1 Å². The number of halogens is 5. The van der Waals surface area contributed by atoms with Gasteiger partial charge in [0.1, 0.15) is 0 Å². The molecule has 0 atom stereocenters. The van der Waals surface area contributed by atoms with E-state index in [4.69, 9.17) is 58.0 Å². The number of hydrogen-bond acceptors (Lipinski definition) is 0. The van der Waals surface area contributed by atoms with Crippen LogP contribution in [-0.2, 0) is 0 Å². The van der Waals surface area contributed by atoms with Gasteiger partial charge in [-0.3, -0.25) is 0 Å². The van der Waals surface area contributed by atoms with Gasteiger partial charge in [-0.1, -0.05) is 58.0 Å². The lowest BCUT2D eigenvalue weighted by Gasteiger charge is -2.13. The highest BCUT2D eigenvalue weighted by atomic mass is 35.5. The number of aromatic nitrogens is 1. The zero-order valence-corrected chi connectivity index (χ0v) is 11.4. The van der Waals surface area contributed by atoms with E-state index in [0.717, 1.165) is 0 Å². The third-order valence-corrected chi connectivity index (χ3v) is 4.31. The van der Waals surface area contributed by atoms with Crippen LogP contribution < -0.4 is 0 Å². The van der Waals surface area contributed by atoms with Crippen molar-refractivity contribution < 1.29 is 0 Å². The molecule has 0 aliphatic carbocycles. The molecule has 0 fully saturated rings. The predicted molar refractivity (Wildman–Crippen MR) is 70.8 cm³/mol. The van der Waals surface area contributed by atoms with E-state index in [9.17, 15) is 0 Å². The Labute approximate surface area is 117 Å². The predicted octanol–water partition coefficient (Wildman–Crippen LogP) is 5.74.